The summed E-state index contributed by atoms with van der Waals surface area (Å²) in [5, 5.41) is 0. The van der Waals surface area contributed by atoms with Crippen molar-refractivity contribution < 1.29 is 4.79 Å². The lowest BCUT2D eigenvalue weighted by molar-refractivity contribution is 0.0873. The van der Waals surface area contributed by atoms with Crippen LogP contribution >= 0.6 is 0 Å². The maximum atomic E-state index is 12.4. The van der Waals surface area contributed by atoms with Gasteiger partial charge in [0, 0.05) is 23.9 Å². The number of carbonyl (C=O) groups excluding carboxylic acids is 1. The van der Waals surface area contributed by atoms with E-state index in [1.807, 2.05) is 13.0 Å². The number of pyridine rings is 1. The van der Waals surface area contributed by atoms with Gasteiger partial charge in [-0.25, -0.2) is 0 Å². The molecule has 1 aromatic rings. The number of hydrogen-bond acceptors (Lipinski definition) is 2. The van der Waals surface area contributed by atoms with Crippen LogP contribution < -0.4 is 0 Å². The smallest absolute Gasteiger partial charge is 0.168 e. The fourth-order valence-electron chi connectivity index (χ4n) is 3.49. The average molecular weight is 215 g/mol. The molecule has 2 aliphatic rings. The largest absolute Gasteiger partial charge is 0.294 e. The van der Waals surface area contributed by atoms with Crippen LogP contribution in [-0.4, -0.2) is 10.8 Å². The number of ketones is 1. The summed E-state index contributed by atoms with van der Waals surface area (Å²) in [6.45, 7) is 2.00. The fraction of sp³-hybridized carbons (Fsp3) is 0.571. The lowest BCUT2D eigenvalue weighted by atomic mass is 9.83. The summed E-state index contributed by atoms with van der Waals surface area (Å²) in [6, 6.07) is 1.93. The van der Waals surface area contributed by atoms with Crippen LogP contribution in [0.2, 0.25) is 0 Å². The van der Waals surface area contributed by atoms with E-state index in [0.717, 1.165) is 23.5 Å². The molecule has 2 nitrogen and oxygen atoms in total. The molecule has 0 spiro atoms. The van der Waals surface area contributed by atoms with Gasteiger partial charge in [-0.3, -0.25) is 9.78 Å². The summed E-state index contributed by atoms with van der Waals surface area (Å²) in [4.78, 5) is 16.5. The minimum Gasteiger partial charge on any atom is -0.294 e. The molecule has 1 heterocycles. The van der Waals surface area contributed by atoms with E-state index >= 15 is 0 Å². The van der Waals surface area contributed by atoms with Gasteiger partial charge in [-0.1, -0.05) is 6.42 Å². The molecule has 3 rings (SSSR count). The van der Waals surface area contributed by atoms with Gasteiger partial charge in [0.2, 0.25) is 0 Å². The Balaban J connectivity index is 1.86. The SMILES string of the molecule is Cc1ccncc1C(=O)C1CC2CCC1C2. The minimum atomic E-state index is 0.293. The summed E-state index contributed by atoms with van der Waals surface area (Å²) in [5.41, 5.74) is 1.92. The summed E-state index contributed by atoms with van der Waals surface area (Å²) < 4.78 is 0. The molecule has 0 radical (unpaired) electrons. The first-order valence-corrected chi connectivity index (χ1v) is 6.20. The van der Waals surface area contributed by atoms with E-state index in [9.17, 15) is 4.79 Å². The van der Waals surface area contributed by atoms with Crippen LogP contribution in [0.15, 0.2) is 18.5 Å². The topological polar surface area (TPSA) is 30.0 Å². The molecule has 0 aliphatic heterocycles. The number of rotatable bonds is 2. The second kappa shape index (κ2) is 3.69. The molecule has 2 heteroatoms. The molecule has 84 valence electrons. The summed E-state index contributed by atoms with van der Waals surface area (Å²) >= 11 is 0. The van der Waals surface area contributed by atoms with Crippen molar-refractivity contribution in [3.63, 3.8) is 0 Å². The van der Waals surface area contributed by atoms with Crippen molar-refractivity contribution in [3.05, 3.63) is 29.6 Å². The van der Waals surface area contributed by atoms with Crippen molar-refractivity contribution in [3.8, 4) is 0 Å². The Morgan fingerprint density at radius 1 is 1.38 bits per heavy atom. The van der Waals surface area contributed by atoms with Gasteiger partial charge < -0.3 is 0 Å². The molecule has 0 aromatic carbocycles. The Labute approximate surface area is 96.1 Å². The van der Waals surface area contributed by atoms with E-state index in [4.69, 9.17) is 0 Å². The molecular formula is C14H17NO. The first-order valence-electron chi connectivity index (χ1n) is 6.20. The maximum absolute atomic E-state index is 12.4. The first kappa shape index (κ1) is 10.0. The Morgan fingerprint density at radius 3 is 2.88 bits per heavy atom. The van der Waals surface area contributed by atoms with Crippen LogP contribution in [0.5, 0.6) is 0 Å². The van der Waals surface area contributed by atoms with Gasteiger partial charge in [-0.05, 0) is 49.7 Å². The molecule has 2 bridgehead atoms. The van der Waals surface area contributed by atoms with Gasteiger partial charge in [0.05, 0.1) is 0 Å². The zero-order valence-electron chi connectivity index (χ0n) is 9.65. The number of aryl methyl sites for hydroxylation is 1. The van der Waals surface area contributed by atoms with Gasteiger partial charge in [-0.15, -0.1) is 0 Å². The number of hydrogen-bond donors (Lipinski definition) is 0. The summed E-state index contributed by atoms with van der Waals surface area (Å²) in [7, 11) is 0. The number of fused-ring (bicyclic) bond motifs is 2. The minimum absolute atomic E-state index is 0.293. The zero-order chi connectivity index (χ0) is 11.1. The lowest BCUT2D eigenvalue weighted by Crippen LogP contribution is -2.21. The Kier molecular flexibility index (Phi) is 2.31. The highest BCUT2D eigenvalue weighted by molar-refractivity contribution is 5.99. The first-order chi connectivity index (χ1) is 7.75. The molecule has 0 amide bonds. The van der Waals surface area contributed by atoms with Crippen LogP contribution in [0.1, 0.15) is 41.6 Å². The molecular weight excluding hydrogens is 198 g/mol. The average Bonchev–Trinajstić information content (AvgIpc) is 2.90. The van der Waals surface area contributed by atoms with E-state index in [-0.39, 0.29) is 0 Å². The third kappa shape index (κ3) is 1.48. The molecule has 3 atom stereocenters. The predicted octanol–water partition coefficient (Wildman–Crippen LogP) is 3.01. The molecule has 2 aliphatic carbocycles. The molecule has 0 saturated heterocycles. The van der Waals surface area contributed by atoms with Crippen molar-refractivity contribution in [2.24, 2.45) is 17.8 Å². The van der Waals surface area contributed by atoms with Crippen LogP contribution in [-0.2, 0) is 0 Å². The standard InChI is InChI=1S/C14H17NO/c1-9-4-5-15-8-13(9)14(16)12-7-10-2-3-11(12)6-10/h4-5,8,10-12H,2-3,6-7H2,1H3. The Hall–Kier alpha value is -1.18. The lowest BCUT2D eigenvalue weighted by Gasteiger charge is -2.20. The van der Waals surface area contributed by atoms with Gasteiger partial charge in [0.1, 0.15) is 0 Å². The van der Waals surface area contributed by atoms with Gasteiger partial charge in [0.15, 0.2) is 5.78 Å². The molecule has 2 fully saturated rings. The van der Waals surface area contributed by atoms with E-state index in [1.165, 1.54) is 19.3 Å². The van der Waals surface area contributed by atoms with E-state index in [0.29, 0.717) is 17.6 Å². The maximum Gasteiger partial charge on any atom is 0.168 e. The molecule has 2 saturated carbocycles. The Bertz CT molecular complexity index is 426. The predicted molar refractivity (Wildman–Crippen MR) is 62.2 cm³/mol. The number of nitrogens with zero attached hydrogens (tertiary/aromatic N) is 1. The number of carbonyl (C=O) groups is 1. The molecule has 3 unspecified atom stereocenters. The highest BCUT2D eigenvalue weighted by Crippen LogP contribution is 2.49. The van der Waals surface area contributed by atoms with Gasteiger partial charge in [0.25, 0.3) is 0 Å². The van der Waals surface area contributed by atoms with Crippen LogP contribution in [0.25, 0.3) is 0 Å². The van der Waals surface area contributed by atoms with Gasteiger partial charge >= 0.3 is 0 Å². The number of aromatic nitrogens is 1. The van der Waals surface area contributed by atoms with Crippen molar-refractivity contribution in [1.29, 1.82) is 0 Å². The quantitative estimate of drug-likeness (QED) is 0.710. The third-order valence-electron chi connectivity index (χ3n) is 4.38. The van der Waals surface area contributed by atoms with E-state index in [1.54, 1.807) is 12.4 Å². The highest BCUT2D eigenvalue weighted by atomic mass is 16.1. The molecule has 0 N–H and O–H groups in total. The molecule has 1 aromatic heterocycles. The van der Waals surface area contributed by atoms with Gasteiger partial charge in [-0.2, -0.15) is 0 Å². The molecule has 16 heavy (non-hydrogen) atoms. The fourth-order valence-corrected chi connectivity index (χ4v) is 3.49. The van der Waals surface area contributed by atoms with Crippen LogP contribution in [0.3, 0.4) is 0 Å². The third-order valence-corrected chi connectivity index (χ3v) is 4.38. The summed E-state index contributed by atoms with van der Waals surface area (Å²) in [6.07, 6.45) is 8.52. The van der Waals surface area contributed by atoms with Crippen LogP contribution in [0, 0.1) is 24.7 Å². The second-order valence-corrected chi connectivity index (χ2v) is 5.34. The van der Waals surface area contributed by atoms with E-state index in [2.05, 4.69) is 4.98 Å². The second-order valence-electron chi connectivity index (χ2n) is 5.34. The monoisotopic (exact) mass is 215 g/mol. The van der Waals surface area contributed by atoms with Crippen molar-refractivity contribution in [1.82, 2.24) is 4.98 Å². The van der Waals surface area contributed by atoms with Crippen LogP contribution in [0.4, 0.5) is 0 Å². The summed E-state index contributed by atoms with van der Waals surface area (Å²) in [5.74, 6) is 2.13. The van der Waals surface area contributed by atoms with Crippen molar-refractivity contribution in [2.45, 2.75) is 32.6 Å². The van der Waals surface area contributed by atoms with Crippen molar-refractivity contribution in [2.75, 3.05) is 0 Å². The number of Topliss-reactive ketones (excluding diaryl/α,β-unsaturated/α-hetero) is 1. The zero-order valence-corrected chi connectivity index (χ0v) is 9.65. The Morgan fingerprint density at radius 2 is 2.25 bits per heavy atom. The van der Waals surface area contributed by atoms with E-state index < -0.39 is 0 Å². The normalized spacial score (nSPS) is 31.9. The highest BCUT2D eigenvalue weighted by Gasteiger charge is 2.43. The van der Waals surface area contributed by atoms with Crippen molar-refractivity contribution >= 4 is 5.78 Å².